The first-order valence-electron chi connectivity index (χ1n) is 8.52. The molecule has 0 aliphatic heterocycles. The number of anilines is 2. The smallest absolute Gasteiger partial charge is 0.337 e. The zero-order valence-corrected chi connectivity index (χ0v) is 16.5. The highest BCUT2D eigenvalue weighted by Crippen LogP contribution is 2.30. The number of esters is 1. The summed E-state index contributed by atoms with van der Waals surface area (Å²) in [5.74, 6) is -0.216. The van der Waals surface area contributed by atoms with Crippen LogP contribution in [0.1, 0.15) is 17.3 Å². The van der Waals surface area contributed by atoms with Crippen LogP contribution in [0.5, 0.6) is 17.2 Å². The zero-order chi connectivity index (χ0) is 21.4. The monoisotopic (exact) mass is 402 g/mol. The fraction of sp³-hybridized carbons (Fsp3) is 0.250. The van der Waals surface area contributed by atoms with Crippen LogP contribution >= 0.6 is 0 Å². The molecule has 9 nitrogen and oxygen atoms in total. The number of nitrogens with one attached hydrogen (secondary N) is 2. The third-order valence-corrected chi connectivity index (χ3v) is 3.74. The lowest BCUT2D eigenvalue weighted by molar-refractivity contribution is -0.118. The SMILES string of the molecule is COC(=O)c1ccc(OCC(=O)Nc2cc(NC(C)=O)ccc2OC)c(OC)c1. The van der Waals surface area contributed by atoms with Gasteiger partial charge in [0.25, 0.3) is 5.91 Å². The fourth-order valence-electron chi connectivity index (χ4n) is 2.45. The average Bonchev–Trinajstić information content (AvgIpc) is 2.71. The molecule has 2 aromatic carbocycles. The molecular weight excluding hydrogens is 380 g/mol. The first kappa shape index (κ1) is 21.5. The van der Waals surface area contributed by atoms with Crippen molar-refractivity contribution in [2.75, 3.05) is 38.6 Å². The topological polar surface area (TPSA) is 112 Å². The molecule has 0 atom stereocenters. The first-order chi connectivity index (χ1) is 13.9. The number of carbonyl (C=O) groups excluding carboxylic acids is 3. The Balaban J connectivity index is 2.08. The van der Waals surface area contributed by atoms with Crippen LogP contribution in [-0.4, -0.2) is 45.7 Å². The molecule has 2 rings (SSSR count). The van der Waals surface area contributed by atoms with E-state index in [0.29, 0.717) is 22.7 Å². The number of ether oxygens (including phenoxy) is 4. The molecule has 2 amide bonds. The van der Waals surface area contributed by atoms with Gasteiger partial charge in [-0.1, -0.05) is 0 Å². The Morgan fingerprint density at radius 3 is 2.17 bits per heavy atom. The summed E-state index contributed by atoms with van der Waals surface area (Å²) in [6.07, 6.45) is 0. The van der Waals surface area contributed by atoms with Crippen molar-refractivity contribution < 1.29 is 33.3 Å². The fourth-order valence-corrected chi connectivity index (χ4v) is 2.45. The van der Waals surface area contributed by atoms with Crippen LogP contribution in [-0.2, 0) is 14.3 Å². The first-order valence-corrected chi connectivity index (χ1v) is 8.52. The molecule has 2 N–H and O–H groups in total. The molecule has 0 aliphatic rings. The number of hydrogen-bond donors (Lipinski definition) is 2. The van der Waals surface area contributed by atoms with Crippen LogP contribution < -0.4 is 24.8 Å². The van der Waals surface area contributed by atoms with Crippen molar-refractivity contribution in [2.24, 2.45) is 0 Å². The van der Waals surface area contributed by atoms with Crippen molar-refractivity contribution in [3.05, 3.63) is 42.0 Å². The summed E-state index contributed by atoms with van der Waals surface area (Å²) in [6, 6.07) is 9.32. The molecule has 0 bridgehead atoms. The molecule has 9 heteroatoms. The number of amides is 2. The van der Waals surface area contributed by atoms with Crippen LogP contribution in [0.2, 0.25) is 0 Å². The number of hydrogen-bond acceptors (Lipinski definition) is 7. The van der Waals surface area contributed by atoms with E-state index < -0.39 is 11.9 Å². The van der Waals surface area contributed by atoms with Crippen molar-refractivity contribution in [1.82, 2.24) is 0 Å². The third-order valence-electron chi connectivity index (χ3n) is 3.74. The normalized spacial score (nSPS) is 9.93. The Kier molecular flexibility index (Phi) is 7.41. The molecule has 0 fully saturated rings. The molecule has 0 aromatic heterocycles. The molecule has 0 heterocycles. The lowest BCUT2D eigenvalue weighted by atomic mass is 10.2. The Morgan fingerprint density at radius 1 is 0.862 bits per heavy atom. The maximum Gasteiger partial charge on any atom is 0.337 e. The van der Waals surface area contributed by atoms with Gasteiger partial charge in [-0.15, -0.1) is 0 Å². The highest BCUT2D eigenvalue weighted by Gasteiger charge is 2.14. The van der Waals surface area contributed by atoms with Crippen molar-refractivity contribution in [3.63, 3.8) is 0 Å². The summed E-state index contributed by atoms with van der Waals surface area (Å²) in [5.41, 5.74) is 1.18. The van der Waals surface area contributed by atoms with E-state index in [1.807, 2.05) is 0 Å². The van der Waals surface area contributed by atoms with Gasteiger partial charge in [-0.05, 0) is 36.4 Å². The molecule has 0 radical (unpaired) electrons. The minimum absolute atomic E-state index is 0.238. The molecule has 154 valence electrons. The standard InChI is InChI=1S/C20H22N2O7/c1-12(23)21-14-6-8-16(26-2)15(10-14)22-19(24)11-29-17-7-5-13(20(25)28-4)9-18(17)27-3/h5-10H,11H2,1-4H3,(H,21,23)(H,22,24). The Labute approximate surface area is 167 Å². The summed E-state index contributed by atoms with van der Waals surface area (Å²) in [7, 11) is 4.16. The van der Waals surface area contributed by atoms with Gasteiger partial charge in [-0.25, -0.2) is 4.79 Å². The van der Waals surface area contributed by atoms with Crippen molar-refractivity contribution in [3.8, 4) is 17.2 Å². The van der Waals surface area contributed by atoms with Gasteiger partial charge < -0.3 is 29.6 Å². The minimum atomic E-state index is -0.515. The summed E-state index contributed by atoms with van der Waals surface area (Å²) in [4.78, 5) is 35.1. The van der Waals surface area contributed by atoms with Gasteiger partial charge in [-0.2, -0.15) is 0 Å². The summed E-state index contributed by atoms with van der Waals surface area (Å²) < 4.78 is 20.6. The molecule has 0 saturated heterocycles. The van der Waals surface area contributed by atoms with Crippen LogP contribution in [0.3, 0.4) is 0 Å². The number of carbonyl (C=O) groups is 3. The second-order valence-corrected chi connectivity index (χ2v) is 5.79. The largest absolute Gasteiger partial charge is 0.495 e. The van der Waals surface area contributed by atoms with Gasteiger partial charge in [-0.3, -0.25) is 9.59 Å². The quantitative estimate of drug-likeness (QED) is 0.652. The van der Waals surface area contributed by atoms with Gasteiger partial charge in [0.1, 0.15) is 5.75 Å². The second-order valence-electron chi connectivity index (χ2n) is 5.79. The van der Waals surface area contributed by atoms with Gasteiger partial charge in [0.15, 0.2) is 18.1 Å². The maximum absolute atomic E-state index is 12.3. The van der Waals surface area contributed by atoms with Gasteiger partial charge >= 0.3 is 5.97 Å². The third kappa shape index (κ3) is 5.86. The highest BCUT2D eigenvalue weighted by molar-refractivity contribution is 5.95. The molecule has 0 spiro atoms. The Bertz CT molecular complexity index is 912. The van der Waals surface area contributed by atoms with Crippen molar-refractivity contribution >= 4 is 29.2 Å². The Morgan fingerprint density at radius 2 is 1.55 bits per heavy atom. The molecule has 0 aliphatic carbocycles. The number of methoxy groups -OCH3 is 3. The zero-order valence-electron chi connectivity index (χ0n) is 16.5. The van der Waals surface area contributed by atoms with E-state index in [9.17, 15) is 14.4 Å². The van der Waals surface area contributed by atoms with E-state index in [1.165, 1.54) is 46.5 Å². The summed E-state index contributed by atoms with van der Waals surface area (Å²) in [5, 5.41) is 5.30. The summed E-state index contributed by atoms with van der Waals surface area (Å²) >= 11 is 0. The maximum atomic E-state index is 12.3. The highest BCUT2D eigenvalue weighted by atomic mass is 16.5. The molecule has 0 unspecified atom stereocenters. The van der Waals surface area contributed by atoms with E-state index in [-0.39, 0.29) is 24.0 Å². The van der Waals surface area contributed by atoms with E-state index in [4.69, 9.17) is 14.2 Å². The van der Waals surface area contributed by atoms with Gasteiger partial charge in [0.05, 0.1) is 32.6 Å². The minimum Gasteiger partial charge on any atom is -0.495 e. The lowest BCUT2D eigenvalue weighted by Gasteiger charge is -2.14. The van der Waals surface area contributed by atoms with Gasteiger partial charge in [0, 0.05) is 12.6 Å². The van der Waals surface area contributed by atoms with E-state index in [0.717, 1.165) is 0 Å². The van der Waals surface area contributed by atoms with E-state index in [1.54, 1.807) is 18.2 Å². The molecule has 29 heavy (non-hydrogen) atoms. The van der Waals surface area contributed by atoms with Crippen molar-refractivity contribution in [1.29, 1.82) is 0 Å². The van der Waals surface area contributed by atoms with E-state index >= 15 is 0 Å². The van der Waals surface area contributed by atoms with Crippen LogP contribution in [0.15, 0.2) is 36.4 Å². The van der Waals surface area contributed by atoms with E-state index in [2.05, 4.69) is 15.4 Å². The Hall–Kier alpha value is -3.75. The molecule has 0 saturated carbocycles. The number of rotatable bonds is 8. The number of benzene rings is 2. The average molecular weight is 402 g/mol. The van der Waals surface area contributed by atoms with Crippen LogP contribution in [0.4, 0.5) is 11.4 Å². The molecule has 2 aromatic rings. The predicted octanol–water partition coefficient (Wildman–Crippen LogP) is 2.47. The van der Waals surface area contributed by atoms with Gasteiger partial charge in [0.2, 0.25) is 5.91 Å². The molecular formula is C20H22N2O7. The van der Waals surface area contributed by atoms with Crippen molar-refractivity contribution in [2.45, 2.75) is 6.92 Å². The predicted molar refractivity (Wildman–Crippen MR) is 106 cm³/mol. The second kappa shape index (κ2) is 9.98. The lowest BCUT2D eigenvalue weighted by Crippen LogP contribution is -2.21. The van der Waals surface area contributed by atoms with Crippen LogP contribution in [0.25, 0.3) is 0 Å². The summed E-state index contributed by atoms with van der Waals surface area (Å²) in [6.45, 7) is 1.07. The van der Waals surface area contributed by atoms with Crippen LogP contribution in [0, 0.1) is 0 Å².